The molecule has 3 aromatic rings. The molecule has 0 fully saturated rings. The number of rotatable bonds is 8. The fourth-order valence-electron chi connectivity index (χ4n) is 2.47. The van der Waals surface area contributed by atoms with Crippen molar-refractivity contribution < 1.29 is 32.2 Å². The normalized spacial score (nSPS) is 10.3. The standard InChI is InChI=1S/C22H15F3N2O4S/c1-29-17(28)12-32-20-18(23)21(25)27-22(19(20)24)31-16-9-14(10-26)7-8-15(16)30-11-13-5-3-2-4-6-13/h2-9H,11-12H2,1H3. The zero-order valence-electron chi connectivity index (χ0n) is 16.6. The van der Waals surface area contributed by atoms with Gasteiger partial charge in [0.1, 0.15) is 6.61 Å². The molecule has 0 amide bonds. The minimum Gasteiger partial charge on any atom is -0.485 e. The third-order valence-electron chi connectivity index (χ3n) is 4.05. The third-order valence-corrected chi connectivity index (χ3v) is 5.07. The third kappa shape index (κ3) is 5.50. The minimum absolute atomic E-state index is 0.124. The van der Waals surface area contributed by atoms with Crippen LogP contribution in [0, 0.1) is 28.9 Å². The quantitative estimate of drug-likeness (QED) is 0.266. The first-order chi connectivity index (χ1) is 15.4. The van der Waals surface area contributed by atoms with Gasteiger partial charge in [-0.2, -0.15) is 19.0 Å². The van der Waals surface area contributed by atoms with Crippen molar-refractivity contribution in [3.63, 3.8) is 0 Å². The fourth-order valence-corrected chi connectivity index (χ4v) is 3.28. The van der Waals surface area contributed by atoms with Crippen LogP contribution in [0.15, 0.2) is 53.4 Å². The highest BCUT2D eigenvalue weighted by atomic mass is 32.2. The number of esters is 1. The Balaban J connectivity index is 1.92. The smallest absolute Gasteiger partial charge is 0.315 e. The molecule has 0 unspecified atom stereocenters. The number of aromatic nitrogens is 1. The van der Waals surface area contributed by atoms with E-state index in [1.165, 1.54) is 18.2 Å². The van der Waals surface area contributed by atoms with Gasteiger partial charge >= 0.3 is 5.97 Å². The van der Waals surface area contributed by atoms with Gasteiger partial charge in [-0.05, 0) is 17.7 Å². The number of benzene rings is 2. The van der Waals surface area contributed by atoms with Crippen molar-refractivity contribution in [2.45, 2.75) is 11.5 Å². The van der Waals surface area contributed by atoms with Gasteiger partial charge in [-0.1, -0.05) is 30.3 Å². The Bertz CT molecular complexity index is 1170. The zero-order valence-corrected chi connectivity index (χ0v) is 17.4. The van der Waals surface area contributed by atoms with Crippen LogP contribution in [-0.4, -0.2) is 23.8 Å². The molecule has 0 aliphatic carbocycles. The molecule has 0 saturated heterocycles. The lowest BCUT2D eigenvalue weighted by Gasteiger charge is -2.14. The molecule has 0 atom stereocenters. The summed E-state index contributed by atoms with van der Waals surface area (Å²) < 4.78 is 58.4. The number of thioether (sulfide) groups is 1. The molecule has 0 aliphatic rings. The van der Waals surface area contributed by atoms with Gasteiger partial charge in [-0.25, -0.2) is 4.39 Å². The number of methoxy groups -OCH3 is 1. The van der Waals surface area contributed by atoms with Gasteiger partial charge in [0.15, 0.2) is 17.3 Å². The van der Waals surface area contributed by atoms with Crippen LogP contribution in [0.25, 0.3) is 0 Å². The summed E-state index contributed by atoms with van der Waals surface area (Å²) in [6.07, 6.45) is 0. The first kappa shape index (κ1) is 23.0. The lowest BCUT2D eigenvalue weighted by atomic mass is 10.2. The maximum Gasteiger partial charge on any atom is 0.315 e. The molecule has 0 bridgehead atoms. The van der Waals surface area contributed by atoms with E-state index in [2.05, 4.69) is 9.72 Å². The summed E-state index contributed by atoms with van der Waals surface area (Å²) in [6.45, 7) is 0.136. The molecule has 10 heteroatoms. The predicted molar refractivity (Wildman–Crippen MR) is 109 cm³/mol. The van der Waals surface area contributed by atoms with Gasteiger partial charge in [0.05, 0.1) is 29.4 Å². The fraction of sp³-hybridized carbons (Fsp3) is 0.136. The number of ether oxygens (including phenoxy) is 3. The molecule has 1 aromatic heterocycles. The Kier molecular flexibility index (Phi) is 7.57. The van der Waals surface area contributed by atoms with E-state index in [0.29, 0.717) is 11.8 Å². The van der Waals surface area contributed by atoms with Crippen LogP contribution in [0.5, 0.6) is 17.4 Å². The summed E-state index contributed by atoms with van der Waals surface area (Å²) in [5.74, 6) is -6.57. The average Bonchev–Trinajstić information content (AvgIpc) is 2.82. The van der Waals surface area contributed by atoms with Crippen LogP contribution in [0.4, 0.5) is 13.2 Å². The summed E-state index contributed by atoms with van der Waals surface area (Å²) in [7, 11) is 1.11. The molecule has 0 saturated carbocycles. The first-order valence-corrected chi connectivity index (χ1v) is 10.0. The molecule has 32 heavy (non-hydrogen) atoms. The van der Waals surface area contributed by atoms with Crippen molar-refractivity contribution in [2.75, 3.05) is 12.9 Å². The molecule has 6 nitrogen and oxygen atoms in total. The van der Waals surface area contributed by atoms with Crippen molar-refractivity contribution in [2.24, 2.45) is 0 Å². The van der Waals surface area contributed by atoms with Gasteiger partial charge in [-0.15, -0.1) is 11.8 Å². The summed E-state index contributed by atoms with van der Waals surface area (Å²) in [5, 5.41) is 9.16. The molecule has 3 rings (SSSR count). The number of carbonyl (C=O) groups is 1. The minimum atomic E-state index is -1.61. The van der Waals surface area contributed by atoms with Crippen molar-refractivity contribution in [1.82, 2.24) is 4.98 Å². The highest BCUT2D eigenvalue weighted by molar-refractivity contribution is 8.00. The summed E-state index contributed by atoms with van der Waals surface area (Å²) in [5.41, 5.74) is 0.997. The van der Waals surface area contributed by atoms with Gasteiger partial charge in [0.25, 0.3) is 11.8 Å². The molecule has 2 aromatic carbocycles. The molecule has 0 aliphatic heterocycles. The van der Waals surface area contributed by atoms with Crippen LogP contribution in [-0.2, 0) is 16.1 Å². The Morgan fingerprint density at radius 2 is 1.84 bits per heavy atom. The number of hydrogen-bond donors (Lipinski definition) is 0. The lowest BCUT2D eigenvalue weighted by Crippen LogP contribution is -2.07. The van der Waals surface area contributed by atoms with E-state index in [4.69, 9.17) is 14.7 Å². The van der Waals surface area contributed by atoms with E-state index < -0.39 is 40.1 Å². The Morgan fingerprint density at radius 3 is 2.53 bits per heavy atom. The molecule has 0 spiro atoms. The summed E-state index contributed by atoms with van der Waals surface area (Å²) in [4.78, 5) is 13.7. The Labute approximate surface area is 185 Å². The second-order valence-electron chi connectivity index (χ2n) is 6.18. The maximum absolute atomic E-state index is 14.8. The first-order valence-electron chi connectivity index (χ1n) is 9.05. The van der Waals surface area contributed by atoms with Crippen molar-refractivity contribution >= 4 is 17.7 Å². The second-order valence-corrected chi connectivity index (χ2v) is 7.16. The van der Waals surface area contributed by atoms with E-state index in [-0.39, 0.29) is 23.7 Å². The van der Waals surface area contributed by atoms with E-state index in [1.807, 2.05) is 36.4 Å². The molecule has 1 heterocycles. The maximum atomic E-state index is 14.8. The number of hydrogen-bond acceptors (Lipinski definition) is 7. The predicted octanol–water partition coefficient (Wildman–Crippen LogP) is 5.01. The molecule has 0 N–H and O–H groups in total. The van der Waals surface area contributed by atoms with Gasteiger partial charge in [0, 0.05) is 6.07 Å². The van der Waals surface area contributed by atoms with Crippen LogP contribution in [0.3, 0.4) is 0 Å². The van der Waals surface area contributed by atoms with Crippen LogP contribution >= 0.6 is 11.8 Å². The highest BCUT2D eigenvalue weighted by Crippen LogP contribution is 2.37. The van der Waals surface area contributed by atoms with Crippen molar-refractivity contribution in [1.29, 1.82) is 5.26 Å². The van der Waals surface area contributed by atoms with Gasteiger partial charge < -0.3 is 14.2 Å². The molecule has 0 radical (unpaired) electrons. The monoisotopic (exact) mass is 460 g/mol. The van der Waals surface area contributed by atoms with Gasteiger partial charge in [-0.3, -0.25) is 4.79 Å². The van der Waals surface area contributed by atoms with Crippen molar-refractivity contribution in [3.05, 3.63) is 77.2 Å². The zero-order chi connectivity index (χ0) is 23.1. The average molecular weight is 460 g/mol. The lowest BCUT2D eigenvalue weighted by molar-refractivity contribution is -0.137. The van der Waals surface area contributed by atoms with Gasteiger partial charge in [0.2, 0.25) is 5.82 Å². The number of nitriles is 1. The van der Waals surface area contributed by atoms with E-state index in [9.17, 15) is 18.0 Å². The molecule has 164 valence electrons. The topological polar surface area (TPSA) is 81.4 Å². The van der Waals surface area contributed by atoms with E-state index in [1.54, 1.807) is 0 Å². The largest absolute Gasteiger partial charge is 0.485 e. The molecular formula is C22H15F3N2O4S. The Morgan fingerprint density at radius 1 is 1.09 bits per heavy atom. The molecular weight excluding hydrogens is 445 g/mol. The number of pyridine rings is 1. The SMILES string of the molecule is COC(=O)CSc1c(F)c(F)nc(Oc2cc(C#N)ccc2OCc2ccccc2)c1F. The van der Waals surface area contributed by atoms with Crippen LogP contribution in [0.2, 0.25) is 0 Å². The summed E-state index contributed by atoms with van der Waals surface area (Å²) in [6, 6.07) is 15.2. The van der Waals surface area contributed by atoms with E-state index >= 15 is 0 Å². The second kappa shape index (κ2) is 10.5. The number of carbonyl (C=O) groups excluding carboxylic acids is 1. The van der Waals surface area contributed by atoms with Crippen molar-refractivity contribution in [3.8, 4) is 23.4 Å². The van der Waals surface area contributed by atoms with E-state index in [0.717, 1.165) is 12.7 Å². The Hall–Kier alpha value is -3.71. The summed E-state index contributed by atoms with van der Waals surface area (Å²) >= 11 is 0.396. The number of halogens is 3. The van der Waals surface area contributed by atoms with Crippen LogP contribution < -0.4 is 9.47 Å². The number of nitrogens with zero attached hydrogens (tertiary/aromatic N) is 2. The highest BCUT2D eigenvalue weighted by Gasteiger charge is 2.24. The van der Waals surface area contributed by atoms with Crippen LogP contribution in [0.1, 0.15) is 11.1 Å².